The second-order valence-corrected chi connectivity index (χ2v) is 7.95. The summed E-state index contributed by atoms with van der Waals surface area (Å²) in [5.74, 6) is -0.138. The summed E-state index contributed by atoms with van der Waals surface area (Å²) in [5, 5.41) is -0.583. The molecular weight excluding hydrogens is 294 g/mol. The van der Waals surface area contributed by atoms with Crippen LogP contribution >= 0.6 is 12.2 Å². The van der Waals surface area contributed by atoms with Crippen LogP contribution in [0.4, 0.5) is 0 Å². The summed E-state index contributed by atoms with van der Waals surface area (Å²) in [4.78, 5) is 0.218. The van der Waals surface area contributed by atoms with E-state index in [1.807, 2.05) is 30.3 Å². The van der Waals surface area contributed by atoms with Gasteiger partial charge in [0.25, 0.3) is 0 Å². The molecule has 0 bridgehead atoms. The molecule has 0 amide bonds. The summed E-state index contributed by atoms with van der Waals surface area (Å²) in [6, 6.07) is 9.51. The molecular formula is C14H19NO3S2. The number of methoxy groups -OCH3 is 1. The Morgan fingerprint density at radius 1 is 1.40 bits per heavy atom. The third kappa shape index (κ3) is 2.25. The molecule has 110 valence electrons. The number of hydrogen-bond acceptors (Lipinski definition) is 4. The van der Waals surface area contributed by atoms with Crippen LogP contribution in [-0.4, -0.2) is 38.1 Å². The van der Waals surface area contributed by atoms with E-state index in [1.165, 1.54) is 7.11 Å². The fourth-order valence-corrected chi connectivity index (χ4v) is 5.49. The van der Waals surface area contributed by atoms with Crippen LogP contribution in [0.1, 0.15) is 18.4 Å². The van der Waals surface area contributed by atoms with Gasteiger partial charge in [-0.1, -0.05) is 49.5 Å². The minimum atomic E-state index is -3.24. The second kappa shape index (κ2) is 5.42. The summed E-state index contributed by atoms with van der Waals surface area (Å²) >= 11 is 5.16. The van der Waals surface area contributed by atoms with E-state index in [0.29, 0.717) is 0 Å². The number of thiocarbonyl (C=S) groups is 1. The van der Waals surface area contributed by atoms with Gasteiger partial charge in [0.15, 0.2) is 9.84 Å². The molecule has 1 aliphatic carbocycles. The number of hydrogen-bond donors (Lipinski definition) is 1. The van der Waals surface area contributed by atoms with Crippen LogP contribution in [0.15, 0.2) is 30.3 Å². The normalized spacial score (nSPS) is 29.1. The summed E-state index contributed by atoms with van der Waals surface area (Å²) in [5.41, 5.74) is 6.04. The molecule has 1 aromatic rings. The first kappa shape index (κ1) is 15.4. The zero-order chi connectivity index (χ0) is 15.0. The molecule has 1 saturated carbocycles. The third-order valence-electron chi connectivity index (χ3n) is 4.05. The first-order chi connectivity index (χ1) is 9.41. The van der Waals surface area contributed by atoms with Crippen LogP contribution in [0.2, 0.25) is 0 Å². The molecule has 0 radical (unpaired) electrons. The topological polar surface area (TPSA) is 69.4 Å². The first-order valence-corrected chi connectivity index (χ1v) is 8.59. The Balaban J connectivity index is 2.51. The van der Waals surface area contributed by atoms with E-state index in [-0.39, 0.29) is 23.3 Å². The van der Waals surface area contributed by atoms with Gasteiger partial charge in [-0.25, -0.2) is 8.42 Å². The summed E-state index contributed by atoms with van der Waals surface area (Å²) in [7, 11) is -1.71. The van der Waals surface area contributed by atoms with Gasteiger partial charge in [-0.3, -0.25) is 0 Å². The molecule has 0 unspecified atom stereocenters. The second-order valence-electron chi connectivity index (χ2n) is 5.10. The van der Waals surface area contributed by atoms with Crippen molar-refractivity contribution < 1.29 is 13.2 Å². The maximum absolute atomic E-state index is 12.4. The number of nitrogens with two attached hydrogens (primary N) is 1. The van der Waals surface area contributed by atoms with Gasteiger partial charge < -0.3 is 10.5 Å². The molecule has 1 aromatic carbocycles. The van der Waals surface area contributed by atoms with Gasteiger partial charge in [-0.15, -0.1) is 0 Å². The third-order valence-corrected chi connectivity index (χ3v) is 6.70. The highest BCUT2D eigenvalue weighted by Gasteiger charge is 2.72. The van der Waals surface area contributed by atoms with Gasteiger partial charge in [0, 0.05) is 18.8 Å². The van der Waals surface area contributed by atoms with Crippen molar-refractivity contribution in [2.45, 2.75) is 18.1 Å². The van der Waals surface area contributed by atoms with Crippen molar-refractivity contribution in [3.8, 4) is 0 Å². The van der Waals surface area contributed by atoms with E-state index >= 15 is 0 Å². The lowest BCUT2D eigenvalue weighted by atomic mass is 10.00. The zero-order valence-corrected chi connectivity index (χ0v) is 13.2. The molecule has 0 spiro atoms. The van der Waals surface area contributed by atoms with Crippen molar-refractivity contribution in [3.63, 3.8) is 0 Å². The molecule has 6 heteroatoms. The molecule has 2 N–H and O–H groups in total. The number of benzene rings is 1. The highest BCUT2D eigenvalue weighted by atomic mass is 32.2. The van der Waals surface area contributed by atoms with Crippen LogP contribution in [0, 0.1) is 5.41 Å². The number of ether oxygens (including phenoxy) is 1. The maximum Gasteiger partial charge on any atom is 0.154 e. The number of sulfone groups is 1. The Kier molecular flexibility index (Phi) is 4.18. The predicted octanol–water partition coefficient (Wildman–Crippen LogP) is 1.51. The minimum absolute atomic E-state index is 0.0785. The molecule has 2 rings (SSSR count). The van der Waals surface area contributed by atoms with Crippen molar-refractivity contribution in [1.29, 1.82) is 0 Å². The van der Waals surface area contributed by atoms with Crippen molar-refractivity contribution >= 4 is 27.0 Å². The molecule has 1 fully saturated rings. The Labute approximate surface area is 125 Å². The summed E-state index contributed by atoms with van der Waals surface area (Å²) in [6.07, 6.45) is 0. The fraction of sp³-hybridized carbons (Fsp3) is 0.500. The van der Waals surface area contributed by atoms with E-state index in [9.17, 15) is 8.42 Å². The molecule has 4 nitrogen and oxygen atoms in total. The molecule has 0 aliphatic heterocycles. The quantitative estimate of drug-likeness (QED) is 0.806. The zero-order valence-electron chi connectivity index (χ0n) is 11.6. The van der Waals surface area contributed by atoms with E-state index in [2.05, 4.69) is 0 Å². The maximum atomic E-state index is 12.4. The minimum Gasteiger partial charge on any atom is -0.393 e. The monoisotopic (exact) mass is 313 g/mol. The van der Waals surface area contributed by atoms with E-state index in [0.717, 1.165) is 5.56 Å². The van der Waals surface area contributed by atoms with Crippen LogP contribution in [0.3, 0.4) is 0 Å². The van der Waals surface area contributed by atoms with Gasteiger partial charge in [-0.05, 0) is 5.56 Å². The Morgan fingerprint density at radius 3 is 2.45 bits per heavy atom. The molecule has 20 heavy (non-hydrogen) atoms. The number of rotatable bonds is 6. The van der Waals surface area contributed by atoms with Crippen molar-refractivity contribution in [1.82, 2.24) is 0 Å². The first-order valence-electron chi connectivity index (χ1n) is 6.47. The lowest BCUT2D eigenvalue weighted by Crippen LogP contribution is -2.33. The lowest BCUT2D eigenvalue weighted by molar-refractivity contribution is 0.166. The largest absolute Gasteiger partial charge is 0.393 e. The Bertz CT molecular complexity index is 600. The SMILES string of the molecule is CCS(=O)(=O)[C@@H]1[C@@H](c2ccccc2)[C@]1(COC)C(N)=S. The van der Waals surface area contributed by atoms with Crippen LogP contribution < -0.4 is 5.73 Å². The lowest BCUT2D eigenvalue weighted by Gasteiger charge is -2.15. The van der Waals surface area contributed by atoms with Crippen LogP contribution in [0.25, 0.3) is 0 Å². The van der Waals surface area contributed by atoms with Crippen molar-refractivity contribution in [3.05, 3.63) is 35.9 Å². The van der Waals surface area contributed by atoms with E-state index in [1.54, 1.807) is 6.92 Å². The summed E-state index contributed by atoms with van der Waals surface area (Å²) in [6.45, 7) is 1.87. The Hall–Kier alpha value is -0.980. The smallest absolute Gasteiger partial charge is 0.154 e. The average Bonchev–Trinajstić information content (AvgIpc) is 3.11. The highest BCUT2D eigenvalue weighted by molar-refractivity contribution is 7.92. The van der Waals surface area contributed by atoms with Crippen molar-refractivity contribution in [2.75, 3.05) is 19.5 Å². The molecule has 1 aliphatic rings. The van der Waals surface area contributed by atoms with Gasteiger partial charge in [0.1, 0.15) is 0 Å². The molecule has 0 saturated heterocycles. The van der Waals surface area contributed by atoms with Gasteiger partial charge in [0.05, 0.1) is 22.3 Å². The van der Waals surface area contributed by atoms with E-state index < -0.39 is 20.5 Å². The Morgan fingerprint density at radius 2 is 2.00 bits per heavy atom. The standard InChI is InChI=1S/C14H19NO3S2/c1-3-20(16,17)12-11(10-7-5-4-6-8-10)14(12,9-18-2)13(15)19/h4-8,11-12H,3,9H2,1-2H3,(H2,15,19)/t11-,12-,14+/m1/s1. The fourth-order valence-electron chi connectivity index (χ4n) is 3.02. The predicted molar refractivity (Wildman–Crippen MR) is 83.5 cm³/mol. The van der Waals surface area contributed by atoms with Crippen LogP contribution in [-0.2, 0) is 14.6 Å². The average molecular weight is 313 g/mol. The molecule has 0 aromatic heterocycles. The highest BCUT2D eigenvalue weighted by Crippen LogP contribution is 2.63. The van der Waals surface area contributed by atoms with Crippen LogP contribution in [0.5, 0.6) is 0 Å². The van der Waals surface area contributed by atoms with E-state index in [4.69, 9.17) is 22.7 Å². The molecule has 3 atom stereocenters. The van der Waals surface area contributed by atoms with Gasteiger partial charge >= 0.3 is 0 Å². The molecule has 0 heterocycles. The van der Waals surface area contributed by atoms with Crippen molar-refractivity contribution in [2.24, 2.45) is 11.1 Å². The summed E-state index contributed by atoms with van der Waals surface area (Å²) < 4.78 is 30.0. The van der Waals surface area contributed by atoms with Gasteiger partial charge in [0.2, 0.25) is 0 Å². The van der Waals surface area contributed by atoms with Gasteiger partial charge in [-0.2, -0.15) is 0 Å².